The van der Waals surface area contributed by atoms with E-state index in [1.165, 1.54) is 193 Å². The van der Waals surface area contributed by atoms with Crippen molar-refractivity contribution < 1.29 is 9.53 Å². The number of carbonyl (C=O) groups excluding carboxylic acids is 1. The normalized spacial score (nSPS) is 11.3. The lowest BCUT2D eigenvalue weighted by Gasteiger charge is -2.06. The molecule has 0 aromatic heterocycles. The highest BCUT2D eigenvalue weighted by Crippen LogP contribution is 2.16. The smallest absolute Gasteiger partial charge is 0.305 e. The standard InChI is InChI=1S/C37H74O2/c1-3-5-7-9-11-13-15-17-18-19-20-21-22-23-24-25-27-29-31-33-35-37(38)39-36-34-32-30-28-26-16-14-12-10-8-6-4-2/h3-36H2,1-2H3. The summed E-state index contributed by atoms with van der Waals surface area (Å²) in [5.41, 5.74) is 0. The Balaban J connectivity index is 3.13. The highest BCUT2D eigenvalue weighted by Gasteiger charge is 2.03. The monoisotopic (exact) mass is 551 g/mol. The first-order valence-corrected chi connectivity index (χ1v) is 18.5. The Hall–Kier alpha value is -0.530. The van der Waals surface area contributed by atoms with Crippen molar-refractivity contribution in [1.82, 2.24) is 0 Å². The van der Waals surface area contributed by atoms with Crippen molar-refractivity contribution in [1.29, 1.82) is 0 Å². The molecule has 2 nitrogen and oxygen atoms in total. The van der Waals surface area contributed by atoms with E-state index in [1.807, 2.05) is 0 Å². The van der Waals surface area contributed by atoms with Gasteiger partial charge in [0.15, 0.2) is 0 Å². The number of rotatable bonds is 34. The fourth-order valence-corrected chi connectivity index (χ4v) is 5.73. The molecule has 0 heterocycles. The minimum absolute atomic E-state index is 0.0282. The highest BCUT2D eigenvalue weighted by molar-refractivity contribution is 5.69. The van der Waals surface area contributed by atoms with Crippen LogP contribution in [0.1, 0.15) is 226 Å². The average molecular weight is 551 g/mol. The molecule has 0 radical (unpaired) electrons. The molecule has 2 heteroatoms. The van der Waals surface area contributed by atoms with E-state index in [-0.39, 0.29) is 5.97 Å². The lowest BCUT2D eigenvalue weighted by molar-refractivity contribution is -0.143. The summed E-state index contributed by atoms with van der Waals surface area (Å²) in [4.78, 5) is 11.9. The van der Waals surface area contributed by atoms with Crippen LogP contribution in [0.4, 0.5) is 0 Å². The molecule has 0 aromatic carbocycles. The topological polar surface area (TPSA) is 26.3 Å². The van der Waals surface area contributed by atoms with Crippen LogP contribution in [0.5, 0.6) is 0 Å². The first kappa shape index (κ1) is 38.5. The van der Waals surface area contributed by atoms with Gasteiger partial charge in [0.1, 0.15) is 0 Å². The molecule has 234 valence electrons. The molecular weight excluding hydrogens is 476 g/mol. The molecule has 0 aliphatic rings. The van der Waals surface area contributed by atoms with Crippen molar-refractivity contribution in [3.63, 3.8) is 0 Å². The van der Waals surface area contributed by atoms with Crippen molar-refractivity contribution in [2.24, 2.45) is 0 Å². The number of esters is 1. The molecule has 0 fully saturated rings. The van der Waals surface area contributed by atoms with Crippen molar-refractivity contribution in [2.45, 2.75) is 226 Å². The van der Waals surface area contributed by atoms with Crippen LogP contribution in [0.2, 0.25) is 0 Å². The van der Waals surface area contributed by atoms with Gasteiger partial charge >= 0.3 is 5.97 Å². The second-order valence-corrected chi connectivity index (χ2v) is 12.6. The molecule has 0 aliphatic carbocycles. The van der Waals surface area contributed by atoms with Gasteiger partial charge in [0, 0.05) is 6.42 Å². The first-order valence-electron chi connectivity index (χ1n) is 18.5. The molecule has 0 saturated carbocycles. The molecular formula is C37H74O2. The van der Waals surface area contributed by atoms with Gasteiger partial charge in [-0.2, -0.15) is 0 Å². The largest absolute Gasteiger partial charge is 0.466 e. The number of ether oxygens (including phenoxy) is 1. The minimum atomic E-state index is 0.0282. The van der Waals surface area contributed by atoms with Crippen molar-refractivity contribution in [3.05, 3.63) is 0 Å². The Morgan fingerprint density at radius 1 is 0.333 bits per heavy atom. The number of hydrogen-bond donors (Lipinski definition) is 0. The van der Waals surface area contributed by atoms with Crippen LogP contribution in [0, 0.1) is 0 Å². The SMILES string of the molecule is CCCCCCCCCCCCCCCCCCCCCCC(=O)OCCCCCCCCCCCCCC. The van der Waals surface area contributed by atoms with Crippen molar-refractivity contribution in [2.75, 3.05) is 6.61 Å². The number of hydrogen-bond acceptors (Lipinski definition) is 2. The molecule has 0 amide bonds. The lowest BCUT2D eigenvalue weighted by Crippen LogP contribution is -2.05. The zero-order chi connectivity index (χ0) is 28.3. The molecule has 0 aromatic rings. The summed E-state index contributed by atoms with van der Waals surface area (Å²) in [7, 11) is 0. The average Bonchev–Trinajstić information content (AvgIpc) is 2.94. The predicted octanol–water partition coefficient (Wildman–Crippen LogP) is 13.4. The Bertz CT molecular complexity index is 447. The lowest BCUT2D eigenvalue weighted by atomic mass is 10.0. The molecule has 0 aliphatic heterocycles. The Morgan fingerprint density at radius 3 is 0.846 bits per heavy atom. The number of carbonyl (C=O) groups is 1. The quantitative estimate of drug-likeness (QED) is 0.0588. The van der Waals surface area contributed by atoms with E-state index in [9.17, 15) is 4.79 Å². The van der Waals surface area contributed by atoms with Crippen molar-refractivity contribution >= 4 is 5.97 Å². The predicted molar refractivity (Wildman–Crippen MR) is 175 cm³/mol. The van der Waals surface area contributed by atoms with E-state index in [4.69, 9.17) is 4.74 Å². The summed E-state index contributed by atoms with van der Waals surface area (Å²) in [5, 5.41) is 0. The van der Waals surface area contributed by atoms with Gasteiger partial charge in [0.05, 0.1) is 6.61 Å². The summed E-state index contributed by atoms with van der Waals surface area (Å²) >= 11 is 0. The van der Waals surface area contributed by atoms with Gasteiger partial charge < -0.3 is 4.74 Å². The van der Waals surface area contributed by atoms with Gasteiger partial charge in [0.2, 0.25) is 0 Å². The van der Waals surface area contributed by atoms with E-state index >= 15 is 0 Å². The van der Waals surface area contributed by atoms with Gasteiger partial charge in [-0.05, 0) is 12.8 Å². The summed E-state index contributed by atoms with van der Waals surface area (Å²) < 4.78 is 5.44. The summed E-state index contributed by atoms with van der Waals surface area (Å²) in [6, 6.07) is 0. The van der Waals surface area contributed by atoms with Gasteiger partial charge in [-0.15, -0.1) is 0 Å². The molecule has 0 N–H and O–H groups in total. The van der Waals surface area contributed by atoms with E-state index in [0.29, 0.717) is 13.0 Å². The van der Waals surface area contributed by atoms with Gasteiger partial charge in [-0.3, -0.25) is 4.79 Å². The minimum Gasteiger partial charge on any atom is -0.466 e. The highest BCUT2D eigenvalue weighted by atomic mass is 16.5. The maximum atomic E-state index is 11.9. The molecule has 0 spiro atoms. The van der Waals surface area contributed by atoms with Crippen LogP contribution < -0.4 is 0 Å². The second kappa shape index (κ2) is 35.5. The fourth-order valence-electron chi connectivity index (χ4n) is 5.73. The zero-order valence-electron chi connectivity index (χ0n) is 27.4. The molecule has 0 saturated heterocycles. The van der Waals surface area contributed by atoms with Crippen LogP contribution in [-0.2, 0) is 9.53 Å². The molecule has 0 unspecified atom stereocenters. The van der Waals surface area contributed by atoms with Crippen LogP contribution >= 0.6 is 0 Å². The van der Waals surface area contributed by atoms with Gasteiger partial charge in [-0.25, -0.2) is 0 Å². The maximum absolute atomic E-state index is 11.9. The Labute approximate surface area is 247 Å². The van der Waals surface area contributed by atoms with E-state index in [1.54, 1.807) is 0 Å². The summed E-state index contributed by atoms with van der Waals surface area (Å²) in [6.07, 6.45) is 44.6. The fraction of sp³-hybridized carbons (Fsp3) is 0.973. The Morgan fingerprint density at radius 2 is 0.564 bits per heavy atom. The molecule has 0 atom stereocenters. The van der Waals surface area contributed by atoms with E-state index in [2.05, 4.69) is 13.8 Å². The van der Waals surface area contributed by atoms with Crippen LogP contribution in [0.25, 0.3) is 0 Å². The Kier molecular flexibility index (Phi) is 35.0. The van der Waals surface area contributed by atoms with Crippen LogP contribution in [-0.4, -0.2) is 12.6 Å². The van der Waals surface area contributed by atoms with Crippen LogP contribution in [0.3, 0.4) is 0 Å². The zero-order valence-corrected chi connectivity index (χ0v) is 27.4. The third-order valence-electron chi connectivity index (χ3n) is 8.50. The molecule has 0 bridgehead atoms. The van der Waals surface area contributed by atoms with Gasteiger partial charge in [-0.1, -0.05) is 206 Å². The third-order valence-corrected chi connectivity index (χ3v) is 8.50. The van der Waals surface area contributed by atoms with E-state index < -0.39 is 0 Å². The maximum Gasteiger partial charge on any atom is 0.305 e. The van der Waals surface area contributed by atoms with Crippen LogP contribution in [0.15, 0.2) is 0 Å². The molecule has 0 rings (SSSR count). The third kappa shape index (κ3) is 35.4. The van der Waals surface area contributed by atoms with Gasteiger partial charge in [0.25, 0.3) is 0 Å². The summed E-state index contributed by atoms with van der Waals surface area (Å²) in [6.45, 7) is 5.21. The first-order chi connectivity index (χ1) is 19.3. The number of unbranched alkanes of at least 4 members (excludes halogenated alkanes) is 30. The van der Waals surface area contributed by atoms with Crippen molar-refractivity contribution in [3.8, 4) is 0 Å². The van der Waals surface area contributed by atoms with E-state index in [0.717, 1.165) is 12.8 Å². The summed E-state index contributed by atoms with van der Waals surface area (Å²) in [5.74, 6) is 0.0282. The second-order valence-electron chi connectivity index (χ2n) is 12.6. The molecule has 39 heavy (non-hydrogen) atoms.